The molecular weight excluding hydrogens is 451 g/mol. The lowest BCUT2D eigenvalue weighted by Crippen LogP contribution is -2.37. The molecule has 0 saturated carbocycles. The average molecular weight is 477 g/mol. The number of pyridine rings is 1. The topological polar surface area (TPSA) is 105 Å². The Hall–Kier alpha value is -3.33. The summed E-state index contributed by atoms with van der Waals surface area (Å²) >= 11 is 5.85. The van der Waals surface area contributed by atoms with E-state index in [9.17, 15) is 24.1 Å². The molecule has 0 saturated heterocycles. The van der Waals surface area contributed by atoms with Crippen LogP contribution in [-0.4, -0.2) is 40.0 Å². The normalized spacial score (nSPS) is 12.7. The van der Waals surface area contributed by atoms with E-state index < -0.39 is 34.1 Å². The van der Waals surface area contributed by atoms with Gasteiger partial charge in [-0.1, -0.05) is 29.8 Å². The van der Waals surface area contributed by atoms with Gasteiger partial charge in [-0.15, -0.1) is 0 Å². The van der Waals surface area contributed by atoms with Crippen LogP contribution in [0.15, 0.2) is 54.1 Å². The Morgan fingerprint density at radius 3 is 2.21 bits per heavy atom. The second-order valence-electron chi connectivity index (χ2n) is 7.47. The van der Waals surface area contributed by atoms with Crippen LogP contribution in [0.2, 0.25) is 5.15 Å². The van der Waals surface area contributed by atoms with Crippen LogP contribution in [0.3, 0.4) is 0 Å². The van der Waals surface area contributed by atoms with Gasteiger partial charge in [-0.2, -0.15) is 0 Å². The van der Waals surface area contributed by atoms with Crippen molar-refractivity contribution in [2.24, 2.45) is 5.92 Å². The highest BCUT2D eigenvalue weighted by atomic mass is 35.5. The maximum atomic E-state index is 13.6. The first-order valence-corrected chi connectivity index (χ1v) is 10.7. The number of carbonyl (C=O) groups excluding carboxylic acids is 2. The zero-order valence-corrected chi connectivity index (χ0v) is 19.6. The molecule has 0 fully saturated rings. The van der Waals surface area contributed by atoms with E-state index in [2.05, 4.69) is 10.3 Å². The monoisotopic (exact) mass is 476 g/mol. The quantitative estimate of drug-likeness (QED) is 0.226. The van der Waals surface area contributed by atoms with Gasteiger partial charge < -0.3 is 10.2 Å². The van der Waals surface area contributed by atoms with Crippen molar-refractivity contribution in [3.05, 3.63) is 86.3 Å². The van der Waals surface area contributed by atoms with Crippen LogP contribution in [0, 0.1) is 21.8 Å². The summed E-state index contributed by atoms with van der Waals surface area (Å²) in [5, 5.41) is 15.6. The minimum atomic E-state index is -1.31. The molecule has 0 spiro atoms. The fraction of sp³-hybridized carbons (Fsp3) is 0.348. The highest BCUT2D eigenvalue weighted by Crippen LogP contribution is 2.36. The van der Waals surface area contributed by atoms with Crippen molar-refractivity contribution in [3.63, 3.8) is 0 Å². The molecule has 0 aliphatic carbocycles. The van der Waals surface area contributed by atoms with Gasteiger partial charge in [0.05, 0.1) is 16.8 Å². The molecule has 1 atom stereocenters. The summed E-state index contributed by atoms with van der Waals surface area (Å²) in [7, 11) is 1.53. The molecule has 10 heteroatoms. The Morgan fingerprint density at radius 1 is 1.18 bits per heavy atom. The molecule has 8 nitrogen and oxygen atoms in total. The first-order valence-electron chi connectivity index (χ1n) is 10.3. The van der Waals surface area contributed by atoms with Crippen LogP contribution in [0.5, 0.6) is 0 Å². The van der Waals surface area contributed by atoms with E-state index in [-0.39, 0.29) is 23.6 Å². The smallest absolute Gasteiger partial charge is 0.294 e. The van der Waals surface area contributed by atoms with E-state index in [1.807, 2.05) is 6.92 Å². The zero-order chi connectivity index (χ0) is 24.7. The first kappa shape index (κ1) is 25.9. The van der Waals surface area contributed by atoms with E-state index in [0.717, 1.165) is 17.7 Å². The Morgan fingerprint density at radius 2 is 1.79 bits per heavy atom. The third-order valence-electron chi connectivity index (χ3n) is 5.27. The number of ketones is 2. The molecule has 0 aliphatic rings. The number of halogens is 2. The van der Waals surface area contributed by atoms with Gasteiger partial charge in [-0.05, 0) is 50.1 Å². The summed E-state index contributed by atoms with van der Waals surface area (Å²) in [6.45, 7) is 4.89. The molecule has 1 aromatic heterocycles. The lowest BCUT2D eigenvalue weighted by molar-refractivity contribution is -0.433. The van der Waals surface area contributed by atoms with Crippen molar-refractivity contribution in [1.29, 1.82) is 0 Å². The SMILES string of the molecule is CCN(Cc1ccc(Cl)nc1)/C(NC)=C(/C(c1ccc(F)cc1)C(C(C)=O)C(C)=O)[N+](=O)[O-]. The predicted molar refractivity (Wildman–Crippen MR) is 122 cm³/mol. The Kier molecular flexibility index (Phi) is 9.04. The van der Waals surface area contributed by atoms with Gasteiger partial charge >= 0.3 is 0 Å². The molecule has 2 rings (SSSR count). The lowest BCUT2D eigenvalue weighted by Gasteiger charge is -2.29. The van der Waals surface area contributed by atoms with Crippen molar-refractivity contribution in [2.45, 2.75) is 33.2 Å². The molecule has 33 heavy (non-hydrogen) atoms. The summed E-state index contributed by atoms with van der Waals surface area (Å²) in [5.41, 5.74) is 0.684. The molecule has 0 bridgehead atoms. The zero-order valence-electron chi connectivity index (χ0n) is 18.8. The Bertz CT molecular complexity index is 1030. The van der Waals surface area contributed by atoms with Gasteiger partial charge in [0.25, 0.3) is 5.70 Å². The minimum absolute atomic E-state index is 0.138. The second kappa shape index (κ2) is 11.5. The number of nitrogens with one attached hydrogen (secondary N) is 1. The van der Waals surface area contributed by atoms with E-state index in [1.165, 1.54) is 33.0 Å². The maximum Gasteiger partial charge on any atom is 0.294 e. The van der Waals surface area contributed by atoms with E-state index >= 15 is 0 Å². The number of benzene rings is 1. The summed E-state index contributed by atoms with van der Waals surface area (Å²) < 4.78 is 13.6. The van der Waals surface area contributed by atoms with Crippen LogP contribution in [0.4, 0.5) is 4.39 Å². The standard InChI is InChI=1S/C23H26ClFN4O4/c1-5-28(13-16-6-11-19(24)27-12-16)23(26-4)22(29(32)33)21(20(14(2)30)15(3)31)17-7-9-18(25)10-8-17/h6-12,20-21,26H,5,13H2,1-4H3/b23-22-. The number of nitrogens with zero attached hydrogens (tertiary/aromatic N) is 3. The predicted octanol–water partition coefficient (Wildman–Crippen LogP) is 3.94. The fourth-order valence-electron chi connectivity index (χ4n) is 3.80. The van der Waals surface area contributed by atoms with Crippen LogP contribution < -0.4 is 5.32 Å². The van der Waals surface area contributed by atoms with Gasteiger partial charge in [0, 0.05) is 26.3 Å². The molecule has 1 aromatic carbocycles. The van der Waals surface area contributed by atoms with Crippen molar-refractivity contribution in [1.82, 2.24) is 15.2 Å². The summed E-state index contributed by atoms with van der Waals surface area (Å²) in [5.74, 6) is -3.97. The summed E-state index contributed by atoms with van der Waals surface area (Å²) in [4.78, 5) is 42.5. The van der Waals surface area contributed by atoms with Crippen LogP contribution in [-0.2, 0) is 16.1 Å². The van der Waals surface area contributed by atoms with Gasteiger partial charge in [0.1, 0.15) is 22.5 Å². The number of carbonyl (C=O) groups is 2. The van der Waals surface area contributed by atoms with Crippen molar-refractivity contribution in [3.8, 4) is 0 Å². The number of rotatable bonds is 11. The highest BCUT2D eigenvalue weighted by molar-refractivity contribution is 6.29. The molecule has 1 unspecified atom stereocenters. The summed E-state index contributed by atoms with van der Waals surface area (Å²) in [6.07, 6.45) is 1.56. The fourth-order valence-corrected chi connectivity index (χ4v) is 3.91. The van der Waals surface area contributed by atoms with Crippen LogP contribution in [0.25, 0.3) is 0 Å². The number of nitro groups is 1. The van der Waals surface area contributed by atoms with Crippen molar-refractivity contribution >= 4 is 23.2 Å². The second-order valence-corrected chi connectivity index (χ2v) is 7.86. The maximum absolute atomic E-state index is 13.6. The summed E-state index contributed by atoms with van der Waals surface area (Å²) in [6, 6.07) is 8.37. The number of hydrogen-bond donors (Lipinski definition) is 1. The largest absolute Gasteiger partial charge is 0.369 e. The first-order chi connectivity index (χ1) is 15.6. The third-order valence-corrected chi connectivity index (χ3v) is 5.49. The van der Waals surface area contributed by atoms with E-state index in [1.54, 1.807) is 23.2 Å². The van der Waals surface area contributed by atoms with Gasteiger partial charge in [0.2, 0.25) is 0 Å². The Labute approximate surface area is 196 Å². The number of aromatic nitrogens is 1. The minimum Gasteiger partial charge on any atom is -0.369 e. The van der Waals surface area contributed by atoms with Crippen molar-refractivity contribution in [2.75, 3.05) is 13.6 Å². The number of Topliss-reactive ketones (excluding diaryl/α,β-unsaturated/α-hetero) is 2. The van der Waals surface area contributed by atoms with Gasteiger partial charge in [-0.25, -0.2) is 9.37 Å². The van der Waals surface area contributed by atoms with Gasteiger partial charge in [-0.3, -0.25) is 19.7 Å². The van der Waals surface area contributed by atoms with E-state index in [0.29, 0.717) is 11.7 Å². The number of hydrogen-bond acceptors (Lipinski definition) is 7. The molecule has 2 aromatic rings. The van der Waals surface area contributed by atoms with Crippen molar-refractivity contribution < 1.29 is 18.9 Å². The van der Waals surface area contributed by atoms with Gasteiger partial charge in [0.15, 0.2) is 5.82 Å². The number of allylic oxidation sites excluding steroid dienone is 1. The molecule has 0 aliphatic heterocycles. The molecule has 0 amide bonds. The molecular formula is C23H26ClFN4O4. The molecule has 1 heterocycles. The van der Waals surface area contributed by atoms with Crippen LogP contribution >= 0.6 is 11.6 Å². The third kappa shape index (κ3) is 6.35. The van der Waals surface area contributed by atoms with Crippen LogP contribution in [0.1, 0.15) is 37.8 Å². The average Bonchev–Trinajstić information content (AvgIpc) is 2.76. The molecule has 0 radical (unpaired) electrons. The lowest BCUT2D eigenvalue weighted by atomic mass is 9.79. The molecule has 1 N–H and O–H groups in total. The van der Waals surface area contributed by atoms with E-state index in [4.69, 9.17) is 11.6 Å². The highest BCUT2D eigenvalue weighted by Gasteiger charge is 2.42. The Balaban J connectivity index is 2.74. The molecule has 176 valence electrons.